The zero-order valence-corrected chi connectivity index (χ0v) is 24.5. The molecule has 0 atom stereocenters. The number of hydrogen-bond acceptors (Lipinski definition) is 3. The average molecular weight is 592 g/mol. The smallest absolute Gasteiger partial charge is 0.164 e. The van der Waals surface area contributed by atoms with Gasteiger partial charge in [0.2, 0.25) is 0 Å². The van der Waals surface area contributed by atoms with Crippen molar-refractivity contribution in [3.63, 3.8) is 0 Å². The Morgan fingerprint density at radius 2 is 0.826 bits per heavy atom. The van der Waals surface area contributed by atoms with Gasteiger partial charge in [0.05, 0.1) is 8.22 Å². The van der Waals surface area contributed by atoms with Crippen LogP contribution < -0.4 is 0 Å². The van der Waals surface area contributed by atoms with Crippen LogP contribution in [0.4, 0.5) is 0 Å². The number of nitrogens with zero attached hydrogens (tertiary/aromatic N) is 3. The summed E-state index contributed by atoms with van der Waals surface area (Å²) < 4.78 is 53.4. The molecule has 1 aromatic heterocycles. The topological polar surface area (TPSA) is 38.7 Å². The van der Waals surface area contributed by atoms with E-state index < -0.39 is 0 Å². The van der Waals surface area contributed by atoms with Crippen LogP contribution in [0.25, 0.3) is 89.4 Å². The Bertz CT molecular complexity index is 2650. The first-order valence-electron chi connectivity index (χ1n) is 18.0. The Labute approximate surface area is 276 Å². The number of hydrogen-bond donors (Lipinski definition) is 0. The van der Waals surface area contributed by atoms with E-state index in [2.05, 4.69) is 24.3 Å². The molecule has 0 fully saturated rings. The second-order valence-electron chi connectivity index (χ2n) is 11.2. The van der Waals surface area contributed by atoms with Crippen LogP contribution >= 0.6 is 0 Å². The van der Waals surface area contributed by atoms with Gasteiger partial charge in [-0.1, -0.05) is 152 Å². The standard InChI is InChI=1S/C43H27N3/c1-4-12-28(13-5-1)29-22-24-30(25-23-29)34-26-37-35-20-10-18-31-19-11-21-36(39(31)35)40(37)38(27-34)43-45-41(32-14-6-2-7-15-32)44-42(46-43)33-16-8-3-9-17-33/h1-27H/i10D,11D,18D,19D,20D,21D. The normalized spacial score (nSPS) is 13.3. The van der Waals surface area contributed by atoms with Gasteiger partial charge in [0.25, 0.3) is 0 Å². The van der Waals surface area contributed by atoms with E-state index in [4.69, 9.17) is 21.8 Å². The molecule has 8 aromatic rings. The monoisotopic (exact) mass is 591 g/mol. The van der Waals surface area contributed by atoms with Gasteiger partial charge in [0, 0.05) is 22.3 Å². The van der Waals surface area contributed by atoms with Crippen LogP contribution in [0.15, 0.2) is 164 Å². The summed E-state index contributed by atoms with van der Waals surface area (Å²) in [6.07, 6.45) is 0. The maximum absolute atomic E-state index is 9.18. The lowest BCUT2D eigenvalue weighted by molar-refractivity contribution is 1.07. The summed E-state index contributed by atoms with van der Waals surface area (Å²) in [5.41, 5.74) is 7.77. The largest absolute Gasteiger partial charge is 0.208 e. The summed E-state index contributed by atoms with van der Waals surface area (Å²) in [4.78, 5) is 14.9. The third-order valence-corrected chi connectivity index (χ3v) is 8.42. The summed E-state index contributed by atoms with van der Waals surface area (Å²) in [5, 5.41) is 0.457. The third kappa shape index (κ3) is 4.41. The highest BCUT2D eigenvalue weighted by molar-refractivity contribution is 6.18. The predicted molar refractivity (Wildman–Crippen MR) is 189 cm³/mol. The van der Waals surface area contributed by atoms with Crippen molar-refractivity contribution in [1.29, 1.82) is 0 Å². The lowest BCUT2D eigenvalue weighted by Crippen LogP contribution is -2.01. The Morgan fingerprint density at radius 1 is 0.370 bits per heavy atom. The molecule has 0 aliphatic heterocycles. The summed E-state index contributed by atoms with van der Waals surface area (Å²) >= 11 is 0. The minimum Gasteiger partial charge on any atom is -0.208 e. The molecule has 1 heterocycles. The highest BCUT2D eigenvalue weighted by atomic mass is 15.0. The maximum atomic E-state index is 9.18. The maximum Gasteiger partial charge on any atom is 0.164 e. The molecule has 1 aliphatic carbocycles. The van der Waals surface area contributed by atoms with E-state index in [1.807, 2.05) is 103 Å². The van der Waals surface area contributed by atoms with Gasteiger partial charge in [0.1, 0.15) is 0 Å². The van der Waals surface area contributed by atoms with Crippen LogP contribution in [-0.4, -0.2) is 15.0 Å². The van der Waals surface area contributed by atoms with Crippen LogP contribution in [0.5, 0.6) is 0 Å². The molecule has 0 bridgehead atoms. The molecule has 0 saturated heterocycles. The molecule has 0 N–H and O–H groups in total. The van der Waals surface area contributed by atoms with Gasteiger partial charge in [-0.15, -0.1) is 0 Å². The number of rotatable bonds is 5. The van der Waals surface area contributed by atoms with E-state index in [-0.39, 0.29) is 41.6 Å². The molecule has 46 heavy (non-hydrogen) atoms. The first kappa shape index (κ1) is 20.7. The fourth-order valence-electron chi connectivity index (χ4n) is 6.22. The molecular weight excluding hydrogens is 558 g/mol. The quantitative estimate of drug-likeness (QED) is 0.200. The minimum absolute atomic E-state index is 0.0912. The summed E-state index contributed by atoms with van der Waals surface area (Å²) in [7, 11) is 0. The molecule has 7 aromatic carbocycles. The molecule has 0 spiro atoms. The highest BCUT2D eigenvalue weighted by Gasteiger charge is 2.27. The van der Waals surface area contributed by atoms with Gasteiger partial charge in [0.15, 0.2) is 17.5 Å². The Morgan fingerprint density at radius 3 is 1.41 bits per heavy atom. The number of benzene rings is 7. The number of aromatic nitrogens is 3. The fourth-order valence-corrected chi connectivity index (χ4v) is 6.22. The van der Waals surface area contributed by atoms with Crippen molar-refractivity contribution < 1.29 is 8.22 Å². The van der Waals surface area contributed by atoms with E-state index in [9.17, 15) is 1.37 Å². The Hall–Kier alpha value is -6.19. The van der Waals surface area contributed by atoms with E-state index in [0.717, 1.165) is 33.4 Å². The van der Waals surface area contributed by atoms with Crippen molar-refractivity contribution >= 4 is 10.8 Å². The van der Waals surface area contributed by atoms with Crippen LogP contribution in [-0.2, 0) is 0 Å². The van der Waals surface area contributed by atoms with Gasteiger partial charge in [-0.2, -0.15) is 0 Å². The lowest BCUT2D eigenvalue weighted by atomic mass is 9.91. The Kier molecular flexibility index (Phi) is 4.84. The molecule has 0 amide bonds. The second kappa shape index (κ2) is 10.8. The predicted octanol–water partition coefficient (Wildman–Crippen LogP) is 11.0. The van der Waals surface area contributed by atoms with E-state index >= 15 is 0 Å². The summed E-state index contributed by atoms with van der Waals surface area (Å²) in [6, 6.07) is 39.8. The van der Waals surface area contributed by atoms with Crippen molar-refractivity contribution in [2.45, 2.75) is 0 Å². The van der Waals surface area contributed by atoms with E-state index in [1.54, 1.807) is 0 Å². The Balaban J connectivity index is 1.38. The van der Waals surface area contributed by atoms with Crippen molar-refractivity contribution in [3.05, 3.63) is 164 Å². The van der Waals surface area contributed by atoms with Gasteiger partial charge >= 0.3 is 0 Å². The van der Waals surface area contributed by atoms with Crippen molar-refractivity contribution in [3.8, 4) is 78.7 Å². The molecule has 3 nitrogen and oxygen atoms in total. The first-order chi connectivity index (χ1) is 25.3. The molecule has 3 heteroatoms. The van der Waals surface area contributed by atoms with Gasteiger partial charge < -0.3 is 0 Å². The van der Waals surface area contributed by atoms with Crippen LogP contribution in [0.1, 0.15) is 8.22 Å². The summed E-state index contributed by atoms with van der Waals surface area (Å²) in [6.45, 7) is 0. The number of fused-ring (bicyclic) bond motifs is 3. The molecule has 9 rings (SSSR count). The molecule has 214 valence electrons. The first-order valence-corrected chi connectivity index (χ1v) is 15.0. The van der Waals surface area contributed by atoms with E-state index in [1.165, 1.54) is 0 Å². The van der Waals surface area contributed by atoms with Crippen molar-refractivity contribution in [2.24, 2.45) is 0 Å². The van der Waals surface area contributed by atoms with Crippen LogP contribution in [0.3, 0.4) is 0 Å². The molecule has 0 radical (unpaired) electrons. The van der Waals surface area contributed by atoms with Gasteiger partial charge in [-0.3, -0.25) is 0 Å². The van der Waals surface area contributed by atoms with Crippen molar-refractivity contribution in [2.75, 3.05) is 0 Å². The van der Waals surface area contributed by atoms with Crippen LogP contribution in [0.2, 0.25) is 0 Å². The van der Waals surface area contributed by atoms with E-state index in [0.29, 0.717) is 50.7 Å². The molecular formula is C43H27N3. The lowest BCUT2D eigenvalue weighted by Gasteiger charge is -2.15. The third-order valence-electron chi connectivity index (χ3n) is 8.42. The van der Waals surface area contributed by atoms with Crippen LogP contribution in [0, 0.1) is 0 Å². The zero-order chi connectivity index (χ0) is 35.7. The second-order valence-corrected chi connectivity index (χ2v) is 11.2. The SMILES string of the molecule is [2H]c1c([2H])c2c3c(c([2H])c([2H])c([2H])c3c1[2H])-c1c(-c3nc(-c4ccccc4)nc(-c4ccccc4)n3)cc(-c3ccc(-c4ccccc4)cc3)cc1-2. The zero-order valence-electron chi connectivity index (χ0n) is 30.5. The average Bonchev–Trinajstić information content (AvgIpc) is 3.54. The van der Waals surface area contributed by atoms with Gasteiger partial charge in [-0.05, 0) is 61.8 Å². The van der Waals surface area contributed by atoms with Crippen molar-refractivity contribution in [1.82, 2.24) is 15.0 Å². The highest BCUT2D eigenvalue weighted by Crippen LogP contribution is 2.52. The minimum atomic E-state index is -0.343. The molecule has 0 unspecified atom stereocenters. The molecule has 1 aliphatic rings. The fraction of sp³-hybridized carbons (Fsp3) is 0. The summed E-state index contributed by atoms with van der Waals surface area (Å²) in [5.74, 6) is 1.24. The molecule has 0 saturated carbocycles. The van der Waals surface area contributed by atoms with Gasteiger partial charge in [-0.25, -0.2) is 15.0 Å².